The van der Waals surface area contributed by atoms with Crippen LogP contribution in [0, 0.1) is 0 Å². The van der Waals surface area contributed by atoms with Gasteiger partial charge in [-0.05, 0) is 85.7 Å². The van der Waals surface area contributed by atoms with Crippen LogP contribution in [-0.4, -0.2) is 127 Å². The molecular formula is C35H50N4O10. The zero-order valence-electron chi connectivity index (χ0n) is 30.2. The van der Waals surface area contributed by atoms with Gasteiger partial charge >= 0.3 is 18.2 Å². The third-order valence-corrected chi connectivity index (χ3v) is 9.80. The molecule has 2 N–H and O–H groups in total. The first kappa shape index (κ1) is 36.2. The van der Waals surface area contributed by atoms with Crippen molar-refractivity contribution < 1.29 is 48.0 Å². The van der Waals surface area contributed by atoms with Crippen LogP contribution in [-0.2, 0) is 35.6 Å². The molecule has 1 spiro atoms. The summed E-state index contributed by atoms with van der Waals surface area (Å²) in [6.45, 7) is 10.2. The van der Waals surface area contributed by atoms with Crippen LogP contribution in [0.1, 0.15) is 65.5 Å². The molecule has 270 valence electrons. The van der Waals surface area contributed by atoms with Crippen molar-refractivity contribution in [3.05, 3.63) is 35.1 Å². The van der Waals surface area contributed by atoms with Gasteiger partial charge in [0.05, 0.1) is 24.7 Å². The number of hydrogen-bond donors (Lipinski definition) is 2. The lowest BCUT2D eigenvalue weighted by Gasteiger charge is -2.61. The number of methoxy groups -OCH3 is 1. The number of likely N-dealkylation sites (N-methyl/N-ethyl adjacent to an activating group) is 3. The van der Waals surface area contributed by atoms with E-state index in [-0.39, 0.29) is 31.3 Å². The smallest absolute Gasteiger partial charge is 0.415 e. The first-order valence-corrected chi connectivity index (χ1v) is 16.6. The number of nitrogens with one attached hydrogen (secondary N) is 1. The third kappa shape index (κ3) is 6.52. The van der Waals surface area contributed by atoms with Gasteiger partial charge < -0.3 is 43.9 Å². The minimum Gasteiger partial charge on any atom is -0.493 e. The Labute approximate surface area is 287 Å². The summed E-state index contributed by atoms with van der Waals surface area (Å²) in [7, 11) is 6.34. The summed E-state index contributed by atoms with van der Waals surface area (Å²) >= 11 is 0. The van der Waals surface area contributed by atoms with Gasteiger partial charge in [0.1, 0.15) is 29.5 Å². The molecule has 2 aliphatic heterocycles. The molecule has 1 saturated heterocycles. The molecule has 5 unspecified atom stereocenters. The SMILES string of the molecule is COc1ccc2c3c1OC1C(OC(=O)N(C)C(CNC(=O)OC(C)(C)C)C(=O)N(C)CC(=O)OC(C)(C)C)=CCC4(O)C(C2)N(C)CCC314. The average molecular weight is 687 g/mol. The van der Waals surface area contributed by atoms with Crippen LogP contribution in [0.5, 0.6) is 11.5 Å². The predicted octanol–water partition coefficient (Wildman–Crippen LogP) is 2.73. The monoisotopic (exact) mass is 686 g/mol. The van der Waals surface area contributed by atoms with Gasteiger partial charge in [-0.15, -0.1) is 0 Å². The normalized spacial score (nSPS) is 25.9. The van der Waals surface area contributed by atoms with E-state index < -0.39 is 58.4 Å². The van der Waals surface area contributed by atoms with Gasteiger partial charge in [-0.3, -0.25) is 14.5 Å². The van der Waals surface area contributed by atoms with Gasteiger partial charge in [-0.1, -0.05) is 6.07 Å². The van der Waals surface area contributed by atoms with E-state index in [0.29, 0.717) is 30.9 Å². The molecular weight excluding hydrogens is 636 g/mol. The van der Waals surface area contributed by atoms with E-state index in [1.54, 1.807) is 54.7 Å². The molecule has 1 aromatic rings. The summed E-state index contributed by atoms with van der Waals surface area (Å²) in [4.78, 5) is 57.2. The number of rotatable bonds is 8. The van der Waals surface area contributed by atoms with Gasteiger partial charge in [-0.25, -0.2) is 9.59 Å². The average Bonchev–Trinajstić information content (AvgIpc) is 3.34. The third-order valence-electron chi connectivity index (χ3n) is 9.80. The maximum atomic E-state index is 13.9. The van der Waals surface area contributed by atoms with E-state index in [4.69, 9.17) is 23.7 Å². The van der Waals surface area contributed by atoms with E-state index in [9.17, 15) is 24.3 Å². The van der Waals surface area contributed by atoms with Crippen LogP contribution >= 0.6 is 0 Å². The molecule has 4 aliphatic rings. The lowest BCUT2D eigenvalue weighted by atomic mass is 9.50. The van der Waals surface area contributed by atoms with Crippen molar-refractivity contribution in [3.8, 4) is 11.5 Å². The first-order chi connectivity index (χ1) is 22.7. The van der Waals surface area contributed by atoms with Crippen molar-refractivity contribution in [2.24, 2.45) is 0 Å². The lowest BCUT2D eigenvalue weighted by Crippen LogP contribution is -2.74. The van der Waals surface area contributed by atoms with Crippen LogP contribution in [0.3, 0.4) is 0 Å². The van der Waals surface area contributed by atoms with Crippen LogP contribution < -0.4 is 14.8 Å². The van der Waals surface area contributed by atoms with Crippen molar-refractivity contribution in [1.29, 1.82) is 0 Å². The Balaban J connectivity index is 1.41. The first-order valence-electron chi connectivity index (χ1n) is 16.6. The fourth-order valence-corrected chi connectivity index (χ4v) is 7.67. The Kier molecular flexibility index (Phi) is 9.39. The summed E-state index contributed by atoms with van der Waals surface area (Å²) in [6.07, 6.45) is 0.569. The zero-order valence-corrected chi connectivity index (χ0v) is 30.2. The van der Waals surface area contributed by atoms with Crippen LogP contribution in [0.4, 0.5) is 9.59 Å². The Morgan fingerprint density at radius 2 is 1.78 bits per heavy atom. The largest absolute Gasteiger partial charge is 0.493 e. The maximum absolute atomic E-state index is 13.9. The quantitative estimate of drug-likeness (QED) is 0.306. The number of likely N-dealkylation sites (tertiary alicyclic amines) is 1. The molecule has 2 bridgehead atoms. The Morgan fingerprint density at radius 1 is 1.10 bits per heavy atom. The topological polar surface area (TPSA) is 156 Å². The molecule has 2 heterocycles. The number of carbonyl (C=O) groups excluding carboxylic acids is 4. The Morgan fingerprint density at radius 3 is 2.41 bits per heavy atom. The number of ether oxygens (including phenoxy) is 5. The van der Waals surface area contributed by atoms with Crippen LogP contribution in [0.25, 0.3) is 0 Å². The van der Waals surface area contributed by atoms with Gasteiger partial charge in [0.2, 0.25) is 5.91 Å². The highest BCUT2D eigenvalue weighted by Gasteiger charge is 2.72. The van der Waals surface area contributed by atoms with Crippen LogP contribution in [0.2, 0.25) is 0 Å². The van der Waals surface area contributed by atoms with E-state index in [1.165, 1.54) is 14.1 Å². The van der Waals surface area contributed by atoms with Gasteiger partial charge in [0, 0.05) is 32.1 Å². The van der Waals surface area contributed by atoms with Crippen molar-refractivity contribution >= 4 is 24.1 Å². The fraction of sp³-hybridized carbons (Fsp3) is 0.657. The number of amides is 3. The van der Waals surface area contributed by atoms with E-state index >= 15 is 0 Å². The number of esters is 1. The molecule has 2 aliphatic carbocycles. The molecule has 5 atom stereocenters. The Bertz CT molecular complexity index is 1550. The number of nitrogens with zero attached hydrogens (tertiary/aromatic N) is 3. The molecule has 0 aromatic heterocycles. The summed E-state index contributed by atoms with van der Waals surface area (Å²) in [5, 5.41) is 15.0. The molecule has 0 saturated carbocycles. The highest BCUT2D eigenvalue weighted by molar-refractivity contribution is 5.89. The predicted molar refractivity (Wildman–Crippen MR) is 177 cm³/mol. The maximum Gasteiger partial charge on any atom is 0.415 e. The number of piperidine rings is 1. The zero-order chi connectivity index (χ0) is 36.3. The number of benzene rings is 1. The minimum absolute atomic E-state index is 0.184. The molecule has 5 rings (SSSR count). The molecule has 0 radical (unpaired) electrons. The number of alkyl carbamates (subject to hydrolysis) is 1. The minimum atomic E-state index is -1.29. The van der Waals surface area contributed by atoms with Crippen molar-refractivity contribution in [2.45, 2.75) is 101 Å². The lowest BCUT2D eigenvalue weighted by molar-refractivity contribution is -0.163. The summed E-state index contributed by atoms with van der Waals surface area (Å²) in [5.41, 5.74) is -1.72. The summed E-state index contributed by atoms with van der Waals surface area (Å²) in [6, 6.07) is 2.39. The molecule has 1 aromatic carbocycles. The highest BCUT2D eigenvalue weighted by Crippen LogP contribution is 2.65. The Hall–Kier alpha value is -4.04. The molecule has 1 fully saturated rings. The van der Waals surface area contributed by atoms with Gasteiger partial charge in [-0.2, -0.15) is 0 Å². The molecule has 14 nitrogen and oxygen atoms in total. The molecule has 49 heavy (non-hydrogen) atoms. The van der Waals surface area contributed by atoms with Crippen molar-refractivity contribution in [3.63, 3.8) is 0 Å². The standard InChI is InChI=1S/C35H50N4O10/c1-32(2,3)48-25(40)19-38(8)29(41)21(18-36-30(42)49-33(4,5)6)39(9)31(43)46-23-13-14-35(44)24-17-20-11-12-22(45-10)27-26(20)34(35,28(23)47-27)15-16-37(24)7/h11-13,21,24,28,44H,14-19H2,1-10H3,(H,36,42). The fourth-order valence-electron chi connectivity index (χ4n) is 7.67. The van der Waals surface area contributed by atoms with E-state index in [0.717, 1.165) is 20.9 Å². The second-order valence-electron chi connectivity index (χ2n) is 15.4. The van der Waals surface area contributed by atoms with Gasteiger partial charge in [0.25, 0.3) is 0 Å². The summed E-state index contributed by atoms with van der Waals surface area (Å²) in [5.74, 6) is -0.0113. The van der Waals surface area contributed by atoms with Crippen molar-refractivity contribution in [1.82, 2.24) is 20.0 Å². The van der Waals surface area contributed by atoms with Crippen molar-refractivity contribution in [2.75, 3.05) is 47.9 Å². The van der Waals surface area contributed by atoms with Gasteiger partial charge in [0.15, 0.2) is 17.6 Å². The second kappa shape index (κ2) is 12.7. The van der Waals surface area contributed by atoms with Crippen LogP contribution in [0.15, 0.2) is 24.0 Å². The number of carbonyl (C=O) groups is 4. The number of hydrogen-bond acceptors (Lipinski definition) is 11. The highest BCUT2D eigenvalue weighted by atomic mass is 16.6. The molecule has 14 heteroatoms. The summed E-state index contributed by atoms with van der Waals surface area (Å²) < 4.78 is 29.0. The molecule has 3 amide bonds. The van der Waals surface area contributed by atoms with E-state index in [2.05, 4.69) is 10.2 Å². The second-order valence-corrected chi connectivity index (χ2v) is 15.4. The number of aliphatic hydroxyl groups is 1. The van der Waals surface area contributed by atoms with E-state index in [1.807, 2.05) is 19.2 Å².